The van der Waals surface area contributed by atoms with Crippen LogP contribution in [-0.4, -0.2) is 36.6 Å². The van der Waals surface area contributed by atoms with E-state index in [4.69, 9.17) is 11.6 Å². The molecule has 0 unspecified atom stereocenters. The maximum atomic E-state index is 14.7. The maximum absolute atomic E-state index is 14.7. The standard InChI is InChI=1S/C23H19ClF2N4O2/c1-29(2)17-7-14-15(19(25)20(17)26)10-27-11-18(14)30-21(31)23(28-22(30)32)8-12(9-23)13-5-3-4-6-16(13)24/h3-7,10-12H,8-9H2,1-2H3,(H,28,32). The molecule has 1 N–H and O–H groups in total. The molecule has 5 rings (SSSR count). The van der Waals surface area contributed by atoms with E-state index in [1.165, 1.54) is 23.4 Å². The molecular formula is C23H19ClF2N4O2. The van der Waals surface area contributed by atoms with Crippen molar-refractivity contribution in [3.63, 3.8) is 0 Å². The fraction of sp³-hybridized carbons (Fsp3) is 0.261. The second-order valence-corrected chi connectivity index (χ2v) is 8.86. The quantitative estimate of drug-likeness (QED) is 0.585. The Morgan fingerprint density at radius 3 is 2.53 bits per heavy atom. The molecule has 2 fully saturated rings. The Balaban J connectivity index is 1.53. The number of nitrogens with zero attached hydrogens (tertiary/aromatic N) is 3. The largest absolute Gasteiger partial charge is 0.375 e. The summed E-state index contributed by atoms with van der Waals surface area (Å²) < 4.78 is 29.2. The number of imide groups is 1. The molecule has 1 aromatic heterocycles. The molecule has 2 aromatic carbocycles. The first-order chi connectivity index (χ1) is 15.2. The number of anilines is 2. The van der Waals surface area contributed by atoms with Crippen LogP contribution < -0.4 is 15.1 Å². The molecule has 1 saturated heterocycles. The van der Waals surface area contributed by atoms with Crippen molar-refractivity contribution in [3.05, 3.63) is 64.9 Å². The molecular weight excluding hydrogens is 438 g/mol. The van der Waals surface area contributed by atoms with Gasteiger partial charge >= 0.3 is 6.03 Å². The predicted molar refractivity (Wildman–Crippen MR) is 118 cm³/mol. The zero-order chi connectivity index (χ0) is 22.8. The number of halogens is 3. The molecule has 0 radical (unpaired) electrons. The minimum atomic E-state index is -1.08. The highest BCUT2D eigenvalue weighted by Gasteiger charge is 2.59. The van der Waals surface area contributed by atoms with E-state index in [0.717, 1.165) is 10.5 Å². The number of rotatable bonds is 3. The minimum absolute atomic E-state index is 0.00615. The van der Waals surface area contributed by atoms with Crippen LogP contribution in [0.2, 0.25) is 5.02 Å². The van der Waals surface area contributed by atoms with Gasteiger partial charge in [-0.3, -0.25) is 9.78 Å². The molecule has 1 saturated carbocycles. The molecule has 2 heterocycles. The molecule has 32 heavy (non-hydrogen) atoms. The smallest absolute Gasteiger partial charge is 0.329 e. The summed E-state index contributed by atoms with van der Waals surface area (Å²) in [4.78, 5) is 32.6. The zero-order valence-corrected chi connectivity index (χ0v) is 18.1. The Morgan fingerprint density at radius 1 is 1.12 bits per heavy atom. The molecule has 164 valence electrons. The fourth-order valence-corrected chi connectivity index (χ4v) is 4.93. The van der Waals surface area contributed by atoms with Crippen molar-refractivity contribution in [2.75, 3.05) is 23.9 Å². The van der Waals surface area contributed by atoms with E-state index in [0.29, 0.717) is 17.9 Å². The Labute approximate surface area is 187 Å². The third kappa shape index (κ3) is 2.86. The number of nitrogens with one attached hydrogen (secondary N) is 1. The lowest BCUT2D eigenvalue weighted by Crippen LogP contribution is -2.56. The summed E-state index contributed by atoms with van der Waals surface area (Å²) in [7, 11) is 3.16. The Morgan fingerprint density at radius 2 is 1.84 bits per heavy atom. The fourth-order valence-electron chi connectivity index (χ4n) is 4.64. The van der Waals surface area contributed by atoms with Gasteiger partial charge in [-0.15, -0.1) is 0 Å². The Hall–Kier alpha value is -3.26. The van der Waals surface area contributed by atoms with Crippen molar-refractivity contribution in [2.45, 2.75) is 24.3 Å². The van der Waals surface area contributed by atoms with Crippen molar-refractivity contribution >= 4 is 45.7 Å². The minimum Gasteiger partial charge on any atom is -0.375 e. The van der Waals surface area contributed by atoms with E-state index in [9.17, 15) is 18.4 Å². The molecule has 0 bridgehead atoms. The molecule has 3 aromatic rings. The van der Waals surface area contributed by atoms with Gasteiger partial charge in [0, 0.05) is 36.1 Å². The molecule has 0 atom stereocenters. The van der Waals surface area contributed by atoms with Crippen molar-refractivity contribution in [1.82, 2.24) is 10.3 Å². The first-order valence-electron chi connectivity index (χ1n) is 10.1. The maximum Gasteiger partial charge on any atom is 0.329 e. The zero-order valence-electron chi connectivity index (χ0n) is 17.3. The molecule has 2 aliphatic rings. The average Bonchev–Trinajstić information content (AvgIpc) is 3.00. The SMILES string of the molecule is CN(C)c1cc2c(N3C(=O)NC4(CC(c5ccccc5Cl)C4)C3=O)cncc2c(F)c1F. The van der Waals surface area contributed by atoms with Gasteiger partial charge in [0.05, 0.1) is 17.6 Å². The third-order valence-electron chi connectivity index (χ3n) is 6.32. The van der Waals surface area contributed by atoms with Crippen LogP contribution in [0.1, 0.15) is 24.3 Å². The topological polar surface area (TPSA) is 65.5 Å². The highest BCUT2D eigenvalue weighted by Crippen LogP contribution is 2.50. The molecule has 3 amide bonds. The van der Waals surface area contributed by atoms with Crippen molar-refractivity contribution in [2.24, 2.45) is 0 Å². The molecule has 1 aliphatic carbocycles. The van der Waals surface area contributed by atoms with Gasteiger partial charge in [0.15, 0.2) is 11.6 Å². The van der Waals surface area contributed by atoms with Gasteiger partial charge in [0.25, 0.3) is 5.91 Å². The summed E-state index contributed by atoms with van der Waals surface area (Å²) in [5, 5.41) is 3.54. The molecule has 1 aliphatic heterocycles. The van der Waals surface area contributed by atoms with Crippen LogP contribution in [0.3, 0.4) is 0 Å². The van der Waals surface area contributed by atoms with Crippen LogP contribution in [-0.2, 0) is 4.79 Å². The van der Waals surface area contributed by atoms with Gasteiger partial charge in [-0.1, -0.05) is 29.8 Å². The van der Waals surface area contributed by atoms with E-state index in [1.807, 2.05) is 18.2 Å². The molecule has 6 nitrogen and oxygen atoms in total. The van der Waals surface area contributed by atoms with Gasteiger partial charge in [0.2, 0.25) is 0 Å². The van der Waals surface area contributed by atoms with Crippen molar-refractivity contribution in [3.8, 4) is 0 Å². The van der Waals surface area contributed by atoms with Crippen LogP contribution >= 0.6 is 11.6 Å². The van der Waals surface area contributed by atoms with Gasteiger partial charge < -0.3 is 10.2 Å². The van der Waals surface area contributed by atoms with Crippen LogP contribution in [0.4, 0.5) is 25.0 Å². The van der Waals surface area contributed by atoms with Gasteiger partial charge in [-0.2, -0.15) is 0 Å². The third-order valence-corrected chi connectivity index (χ3v) is 6.67. The monoisotopic (exact) mass is 456 g/mol. The lowest BCUT2D eigenvalue weighted by Gasteiger charge is -2.43. The van der Waals surface area contributed by atoms with E-state index in [1.54, 1.807) is 20.2 Å². The second kappa shape index (κ2) is 7.13. The summed E-state index contributed by atoms with van der Waals surface area (Å²) in [6.45, 7) is 0. The van der Waals surface area contributed by atoms with Crippen molar-refractivity contribution < 1.29 is 18.4 Å². The summed E-state index contributed by atoms with van der Waals surface area (Å²) >= 11 is 6.29. The van der Waals surface area contributed by atoms with Crippen LogP contribution in [0.5, 0.6) is 0 Å². The van der Waals surface area contributed by atoms with E-state index >= 15 is 0 Å². The number of aromatic nitrogens is 1. The number of hydrogen-bond donors (Lipinski definition) is 1. The number of fused-ring (bicyclic) bond motifs is 1. The number of pyridine rings is 1. The average molecular weight is 457 g/mol. The number of urea groups is 1. The summed E-state index contributed by atoms with van der Waals surface area (Å²) in [6, 6.07) is 8.23. The Bertz CT molecular complexity index is 1290. The predicted octanol–water partition coefficient (Wildman–Crippen LogP) is 4.61. The van der Waals surface area contributed by atoms with E-state index < -0.39 is 29.1 Å². The van der Waals surface area contributed by atoms with Crippen LogP contribution in [0, 0.1) is 11.6 Å². The van der Waals surface area contributed by atoms with Gasteiger partial charge in [-0.05, 0) is 36.5 Å². The van der Waals surface area contributed by atoms with Crippen molar-refractivity contribution in [1.29, 1.82) is 0 Å². The van der Waals surface area contributed by atoms with Gasteiger partial charge in [-0.25, -0.2) is 18.5 Å². The lowest BCUT2D eigenvalue weighted by molar-refractivity contribution is -0.125. The van der Waals surface area contributed by atoms with Crippen LogP contribution in [0.25, 0.3) is 10.8 Å². The molecule has 9 heteroatoms. The summed E-state index contributed by atoms with van der Waals surface area (Å²) in [5.41, 5.74) is 0.00321. The first kappa shape index (κ1) is 20.6. The number of benzene rings is 2. The first-order valence-corrected chi connectivity index (χ1v) is 10.5. The molecule has 1 spiro atoms. The van der Waals surface area contributed by atoms with Crippen LogP contribution in [0.15, 0.2) is 42.7 Å². The normalized spacial score (nSPS) is 22.4. The summed E-state index contributed by atoms with van der Waals surface area (Å²) in [5.74, 6) is -2.50. The van der Waals surface area contributed by atoms with E-state index in [2.05, 4.69) is 10.3 Å². The highest BCUT2D eigenvalue weighted by molar-refractivity contribution is 6.31. The Kier molecular flexibility index (Phi) is 4.60. The van der Waals surface area contributed by atoms with E-state index in [-0.39, 0.29) is 28.1 Å². The number of hydrogen-bond acceptors (Lipinski definition) is 4. The van der Waals surface area contributed by atoms with Gasteiger partial charge in [0.1, 0.15) is 5.54 Å². The number of amides is 3. The second-order valence-electron chi connectivity index (χ2n) is 8.45. The lowest BCUT2D eigenvalue weighted by atomic mass is 9.65. The number of carbonyl (C=O) groups excluding carboxylic acids is 2. The summed E-state index contributed by atoms with van der Waals surface area (Å²) in [6.07, 6.45) is 3.31. The number of carbonyl (C=O) groups is 2. The highest BCUT2D eigenvalue weighted by atomic mass is 35.5.